The molecule has 0 spiro atoms. The number of halogens is 4. The molecule has 7 heteroatoms. The number of morpholine rings is 1. The van der Waals surface area contributed by atoms with Crippen molar-refractivity contribution in [2.75, 3.05) is 26.8 Å². The van der Waals surface area contributed by atoms with Gasteiger partial charge < -0.3 is 14.8 Å². The van der Waals surface area contributed by atoms with Gasteiger partial charge in [0, 0.05) is 23.7 Å². The van der Waals surface area contributed by atoms with Crippen LogP contribution in [0.15, 0.2) is 12.1 Å². The van der Waals surface area contributed by atoms with Crippen LogP contribution in [0.5, 0.6) is 5.75 Å². The highest BCUT2D eigenvalue weighted by molar-refractivity contribution is 6.30. The highest BCUT2D eigenvalue weighted by atomic mass is 35.5. The van der Waals surface area contributed by atoms with E-state index in [9.17, 15) is 13.2 Å². The summed E-state index contributed by atoms with van der Waals surface area (Å²) >= 11 is 5.77. The molecule has 3 nitrogen and oxygen atoms in total. The van der Waals surface area contributed by atoms with Crippen molar-refractivity contribution in [3.8, 4) is 5.75 Å². The first-order valence-corrected chi connectivity index (χ1v) is 6.08. The van der Waals surface area contributed by atoms with Crippen LogP contribution in [0.25, 0.3) is 0 Å². The quantitative estimate of drug-likeness (QED) is 0.910. The smallest absolute Gasteiger partial charge is 0.420 e. The van der Waals surface area contributed by atoms with E-state index in [4.69, 9.17) is 21.1 Å². The molecule has 1 N–H and O–H groups in total. The lowest BCUT2D eigenvalue weighted by atomic mass is 10.0. The highest BCUT2D eigenvalue weighted by Gasteiger charge is 2.37. The fraction of sp³-hybridized carbons (Fsp3) is 0.500. The average molecular weight is 296 g/mol. The molecule has 1 heterocycles. The second kappa shape index (κ2) is 5.56. The second-order valence-corrected chi connectivity index (χ2v) is 4.57. The fourth-order valence-corrected chi connectivity index (χ4v) is 2.28. The van der Waals surface area contributed by atoms with Crippen LogP contribution in [0, 0.1) is 0 Å². The molecule has 1 fully saturated rings. The van der Waals surface area contributed by atoms with Crippen LogP contribution < -0.4 is 10.1 Å². The van der Waals surface area contributed by atoms with Gasteiger partial charge in [0.25, 0.3) is 0 Å². The Hall–Kier alpha value is -0.980. The molecule has 0 amide bonds. The van der Waals surface area contributed by atoms with Crippen LogP contribution in [-0.2, 0) is 10.9 Å². The summed E-state index contributed by atoms with van der Waals surface area (Å²) in [5, 5.41) is 3.07. The molecule has 0 saturated carbocycles. The predicted octanol–water partition coefficient (Wildman–Crippen LogP) is 3.03. The molecule has 0 radical (unpaired) electrons. The standard InChI is InChI=1S/C12H13ClF3NO2/c1-18-11-8(10-6-17-2-3-19-10)4-7(13)5-9(11)12(14,15)16/h4-5,10,17H,2-3,6H2,1H3. The monoisotopic (exact) mass is 295 g/mol. The third-order valence-electron chi connectivity index (χ3n) is 2.87. The minimum absolute atomic E-state index is 0.0114. The maximum Gasteiger partial charge on any atom is 0.420 e. The molecule has 106 valence electrons. The van der Waals surface area contributed by atoms with Crippen molar-refractivity contribution in [2.45, 2.75) is 12.3 Å². The molecule has 1 aliphatic heterocycles. The summed E-state index contributed by atoms with van der Waals surface area (Å²) in [7, 11) is 1.21. The van der Waals surface area contributed by atoms with Crippen molar-refractivity contribution >= 4 is 11.6 Å². The summed E-state index contributed by atoms with van der Waals surface area (Å²) < 4.78 is 49.3. The third kappa shape index (κ3) is 3.13. The van der Waals surface area contributed by atoms with Gasteiger partial charge in [-0.2, -0.15) is 13.2 Å². The van der Waals surface area contributed by atoms with Crippen LogP contribution in [0.3, 0.4) is 0 Å². The molecule has 19 heavy (non-hydrogen) atoms. The van der Waals surface area contributed by atoms with Crippen molar-refractivity contribution < 1.29 is 22.6 Å². The van der Waals surface area contributed by atoms with E-state index in [1.54, 1.807) is 0 Å². The number of rotatable bonds is 2. The van der Waals surface area contributed by atoms with E-state index < -0.39 is 17.8 Å². The van der Waals surface area contributed by atoms with Gasteiger partial charge in [0.1, 0.15) is 5.75 Å². The van der Waals surface area contributed by atoms with Gasteiger partial charge in [-0.15, -0.1) is 0 Å². The molecule has 1 aromatic carbocycles. The molecule has 0 bridgehead atoms. The maximum atomic E-state index is 13.0. The van der Waals surface area contributed by atoms with Crippen molar-refractivity contribution in [3.05, 3.63) is 28.3 Å². The summed E-state index contributed by atoms with van der Waals surface area (Å²) in [5.74, 6) is -0.231. The summed E-state index contributed by atoms with van der Waals surface area (Å²) in [6.45, 7) is 1.53. The Morgan fingerprint density at radius 2 is 2.16 bits per heavy atom. The largest absolute Gasteiger partial charge is 0.496 e. The van der Waals surface area contributed by atoms with Gasteiger partial charge in [-0.3, -0.25) is 0 Å². The molecular formula is C12H13ClF3NO2. The topological polar surface area (TPSA) is 30.5 Å². The van der Waals surface area contributed by atoms with Crippen LogP contribution in [0.2, 0.25) is 5.02 Å². The Morgan fingerprint density at radius 1 is 1.42 bits per heavy atom. The van der Waals surface area contributed by atoms with Crippen LogP contribution in [0.1, 0.15) is 17.2 Å². The Balaban J connectivity index is 2.50. The minimum atomic E-state index is -4.52. The lowest BCUT2D eigenvalue weighted by molar-refractivity contribution is -0.138. The van der Waals surface area contributed by atoms with Gasteiger partial charge in [-0.05, 0) is 12.1 Å². The van der Waals surface area contributed by atoms with Crippen LogP contribution >= 0.6 is 11.6 Å². The Bertz CT molecular complexity index is 459. The van der Waals surface area contributed by atoms with E-state index >= 15 is 0 Å². The van der Waals surface area contributed by atoms with Gasteiger partial charge in [0.15, 0.2) is 0 Å². The first kappa shape index (κ1) is 14.4. The first-order valence-electron chi connectivity index (χ1n) is 5.70. The molecule has 1 aliphatic rings. The van der Waals surface area contributed by atoms with Gasteiger partial charge in [-0.1, -0.05) is 11.6 Å². The van der Waals surface area contributed by atoms with Crippen molar-refractivity contribution in [3.63, 3.8) is 0 Å². The second-order valence-electron chi connectivity index (χ2n) is 4.14. The van der Waals surface area contributed by atoms with Gasteiger partial charge in [0.2, 0.25) is 0 Å². The summed E-state index contributed by atoms with van der Waals surface area (Å²) in [4.78, 5) is 0. The van der Waals surface area contributed by atoms with Crippen molar-refractivity contribution in [1.82, 2.24) is 5.32 Å². The molecule has 1 saturated heterocycles. The zero-order chi connectivity index (χ0) is 14.0. The fourth-order valence-electron chi connectivity index (χ4n) is 2.06. The number of methoxy groups -OCH3 is 1. The van der Waals surface area contributed by atoms with Crippen molar-refractivity contribution in [1.29, 1.82) is 0 Å². The zero-order valence-electron chi connectivity index (χ0n) is 10.2. The van der Waals surface area contributed by atoms with E-state index in [0.717, 1.165) is 6.07 Å². The number of nitrogens with one attached hydrogen (secondary N) is 1. The molecule has 2 rings (SSSR count). The number of benzene rings is 1. The molecule has 1 atom stereocenters. The van der Waals surface area contributed by atoms with E-state index in [2.05, 4.69) is 5.32 Å². The van der Waals surface area contributed by atoms with Gasteiger partial charge in [0.05, 0.1) is 25.4 Å². The summed E-state index contributed by atoms with van der Waals surface area (Å²) in [6.07, 6.45) is -5.02. The average Bonchev–Trinajstić information content (AvgIpc) is 2.37. The van der Waals surface area contributed by atoms with Crippen LogP contribution in [0.4, 0.5) is 13.2 Å². The SMILES string of the molecule is COc1c(C2CNCCO2)cc(Cl)cc1C(F)(F)F. The number of alkyl halides is 3. The zero-order valence-corrected chi connectivity index (χ0v) is 10.9. The Morgan fingerprint density at radius 3 is 2.68 bits per heavy atom. The third-order valence-corrected chi connectivity index (χ3v) is 3.08. The van der Waals surface area contributed by atoms with Gasteiger partial charge >= 0.3 is 6.18 Å². The van der Waals surface area contributed by atoms with E-state index in [1.807, 2.05) is 0 Å². The number of ether oxygens (including phenoxy) is 2. The maximum absolute atomic E-state index is 13.0. The lowest BCUT2D eigenvalue weighted by Crippen LogP contribution is -2.33. The van der Waals surface area contributed by atoms with Gasteiger partial charge in [-0.25, -0.2) is 0 Å². The van der Waals surface area contributed by atoms with E-state index in [1.165, 1.54) is 13.2 Å². The molecule has 1 unspecified atom stereocenters. The highest BCUT2D eigenvalue weighted by Crippen LogP contribution is 2.42. The summed E-state index contributed by atoms with van der Waals surface area (Å²) in [6, 6.07) is 2.31. The van der Waals surface area contributed by atoms with E-state index in [-0.39, 0.29) is 10.8 Å². The lowest BCUT2D eigenvalue weighted by Gasteiger charge is -2.26. The molecule has 1 aromatic rings. The van der Waals surface area contributed by atoms with Crippen LogP contribution in [-0.4, -0.2) is 26.8 Å². The van der Waals surface area contributed by atoms with Crippen molar-refractivity contribution in [2.24, 2.45) is 0 Å². The Labute approximate surface area is 113 Å². The molecule has 0 aliphatic carbocycles. The number of hydrogen-bond acceptors (Lipinski definition) is 3. The minimum Gasteiger partial charge on any atom is -0.496 e. The predicted molar refractivity (Wildman–Crippen MR) is 64.6 cm³/mol. The molecular weight excluding hydrogens is 283 g/mol. The summed E-state index contributed by atoms with van der Waals surface area (Å²) in [5.41, 5.74) is -0.568. The normalized spacial score (nSPS) is 20.4. The first-order chi connectivity index (χ1) is 8.93. The molecule has 0 aromatic heterocycles. The van der Waals surface area contributed by atoms with E-state index in [0.29, 0.717) is 25.3 Å². The Kier molecular flexibility index (Phi) is 4.23. The number of hydrogen-bond donors (Lipinski definition) is 1.